The molecule has 18 heavy (non-hydrogen) atoms. The molecule has 0 aromatic heterocycles. The SMILES string of the molecule is CCNCC(C)S(=O)(=O)NC(C)(C)CC(C)(C)C. The highest BCUT2D eigenvalue weighted by molar-refractivity contribution is 7.90. The van der Waals surface area contributed by atoms with E-state index in [0.717, 1.165) is 13.0 Å². The van der Waals surface area contributed by atoms with Crippen LogP contribution in [0.15, 0.2) is 0 Å². The third kappa shape index (κ3) is 7.34. The quantitative estimate of drug-likeness (QED) is 0.750. The van der Waals surface area contributed by atoms with Gasteiger partial charge in [0.05, 0.1) is 5.25 Å². The third-order valence-corrected chi connectivity index (χ3v) is 4.67. The Balaban J connectivity index is 4.65. The van der Waals surface area contributed by atoms with Crippen LogP contribution >= 0.6 is 0 Å². The lowest BCUT2D eigenvalue weighted by molar-refractivity contribution is 0.269. The lowest BCUT2D eigenvalue weighted by atomic mass is 9.82. The van der Waals surface area contributed by atoms with Gasteiger partial charge in [-0.3, -0.25) is 0 Å². The van der Waals surface area contributed by atoms with Crippen LogP contribution in [0.3, 0.4) is 0 Å². The minimum atomic E-state index is -3.28. The van der Waals surface area contributed by atoms with Crippen LogP contribution in [-0.2, 0) is 10.0 Å². The zero-order valence-corrected chi connectivity index (χ0v) is 13.7. The van der Waals surface area contributed by atoms with E-state index in [2.05, 4.69) is 30.8 Å². The molecule has 0 aliphatic heterocycles. The number of nitrogens with one attached hydrogen (secondary N) is 2. The van der Waals surface area contributed by atoms with Crippen molar-refractivity contribution in [1.82, 2.24) is 10.0 Å². The number of hydrogen-bond acceptors (Lipinski definition) is 3. The molecule has 0 saturated heterocycles. The first-order valence-electron chi connectivity index (χ1n) is 6.63. The predicted molar refractivity (Wildman–Crippen MR) is 78.2 cm³/mol. The zero-order valence-electron chi connectivity index (χ0n) is 12.9. The van der Waals surface area contributed by atoms with Gasteiger partial charge in [-0.05, 0) is 39.2 Å². The zero-order chi connectivity index (χ0) is 14.6. The Hall–Kier alpha value is -0.130. The Kier molecular flexibility index (Phi) is 6.30. The molecule has 0 bridgehead atoms. The van der Waals surface area contributed by atoms with Gasteiger partial charge in [0, 0.05) is 12.1 Å². The molecular formula is C13H30N2O2S. The predicted octanol–water partition coefficient (Wildman–Crippen LogP) is 2.12. The minimum absolute atomic E-state index is 0.0942. The van der Waals surface area contributed by atoms with Crippen LogP contribution in [0.1, 0.15) is 54.9 Å². The number of sulfonamides is 1. The molecule has 0 saturated carbocycles. The molecule has 0 aliphatic carbocycles. The van der Waals surface area contributed by atoms with E-state index < -0.39 is 20.8 Å². The molecule has 110 valence electrons. The molecule has 0 spiro atoms. The van der Waals surface area contributed by atoms with Crippen LogP contribution in [0, 0.1) is 5.41 Å². The van der Waals surface area contributed by atoms with Crippen LogP contribution in [0.25, 0.3) is 0 Å². The minimum Gasteiger partial charge on any atom is -0.316 e. The van der Waals surface area contributed by atoms with Crippen molar-refractivity contribution in [3.05, 3.63) is 0 Å². The molecule has 1 atom stereocenters. The Morgan fingerprint density at radius 1 is 1.11 bits per heavy atom. The van der Waals surface area contributed by atoms with Crippen molar-refractivity contribution in [2.45, 2.75) is 65.7 Å². The van der Waals surface area contributed by atoms with Gasteiger partial charge in [0.2, 0.25) is 10.0 Å². The molecule has 2 N–H and O–H groups in total. The van der Waals surface area contributed by atoms with E-state index in [4.69, 9.17) is 0 Å². The molecule has 0 radical (unpaired) electrons. The second kappa shape index (κ2) is 6.35. The van der Waals surface area contributed by atoms with Gasteiger partial charge in [-0.2, -0.15) is 0 Å². The van der Waals surface area contributed by atoms with E-state index in [0.29, 0.717) is 6.54 Å². The van der Waals surface area contributed by atoms with Crippen molar-refractivity contribution >= 4 is 10.0 Å². The van der Waals surface area contributed by atoms with E-state index >= 15 is 0 Å². The van der Waals surface area contributed by atoms with Gasteiger partial charge in [-0.25, -0.2) is 13.1 Å². The van der Waals surface area contributed by atoms with Crippen LogP contribution in [-0.4, -0.2) is 32.3 Å². The molecule has 0 rings (SSSR count). The van der Waals surface area contributed by atoms with Gasteiger partial charge >= 0.3 is 0 Å². The highest BCUT2D eigenvalue weighted by Gasteiger charge is 2.32. The smallest absolute Gasteiger partial charge is 0.215 e. The summed E-state index contributed by atoms with van der Waals surface area (Å²) in [5.41, 5.74) is -0.325. The fourth-order valence-corrected chi connectivity index (χ4v) is 3.69. The van der Waals surface area contributed by atoms with E-state index in [1.54, 1.807) is 6.92 Å². The van der Waals surface area contributed by atoms with E-state index in [9.17, 15) is 8.42 Å². The maximum Gasteiger partial charge on any atom is 0.215 e. The second-order valence-corrected chi connectivity index (χ2v) is 8.99. The molecule has 1 unspecified atom stereocenters. The summed E-state index contributed by atoms with van der Waals surface area (Å²) in [7, 11) is -3.28. The molecule has 0 heterocycles. The fraction of sp³-hybridized carbons (Fsp3) is 1.00. The van der Waals surface area contributed by atoms with E-state index in [1.807, 2.05) is 20.8 Å². The van der Waals surface area contributed by atoms with Crippen LogP contribution in [0.4, 0.5) is 0 Å². The van der Waals surface area contributed by atoms with Gasteiger partial charge in [0.15, 0.2) is 0 Å². The highest BCUT2D eigenvalue weighted by Crippen LogP contribution is 2.27. The molecule has 0 aromatic carbocycles. The average molecular weight is 278 g/mol. The number of rotatable bonds is 7. The van der Waals surface area contributed by atoms with Gasteiger partial charge in [-0.15, -0.1) is 0 Å². The molecule has 0 fully saturated rings. The summed E-state index contributed by atoms with van der Waals surface area (Å²) in [6, 6.07) is 0. The van der Waals surface area contributed by atoms with E-state index in [-0.39, 0.29) is 5.41 Å². The van der Waals surface area contributed by atoms with Crippen LogP contribution in [0.5, 0.6) is 0 Å². The summed E-state index contributed by atoms with van der Waals surface area (Å²) in [6.45, 7) is 15.2. The largest absolute Gasteiger partial charge is 0.316 e. The maximum atomic E-state index is 12.2. The summed E-state index contributed by atoms with van der Waals surface area (Å²) in [5.74, 6) is 0. The Morgan fingerprint density at radius 2 is 1.61 bits per heavy atom. The molecule has 4 nitrogen and oxygen atoms in total. The summed E-state index contributed by atoms with van der Waals surface area (Å²) in [4.78, 5) is 0. The van der Waals surface area contributed by atoms with Crippen molar-refractivity contribution in [2.24, 2.45) is 5.41 Å². The normalized spacial score (nSPS) is 15.7. The Bertz CT molecular complexity index is 342. The first-order chi connectivity index (χ1) is 7.90. The lowest BCUT2D eigenvalue weighted by Crippen LogP contribution is -2.50. The van der Waals surface area contributed by atoms with Crippen molar-refractivity contribution in [2.75, 3.05) is 13.1 Å². The Labute approximate surface area is 113 Å². The monoisotopic (exact) mass is 278 g/mol. The van der Waals surface area contributed by atoms with Gasteiger partial charge in [0.25, 0.3) is 0 Å². The first kappa shape index (κ1) is 17.9. The standard InChI is InChI=1S/C13H30N2O2S/c1-8-14-9-11(2)18(16,17)15-13(6,7)10-12(3,4)5/h11,14-15H,8-10H2,1-7H3. The van der Waals surface area contributed by atoms with Crippen LogP contribution in [0.2, 0.25) is 0 Å². The highest BCUT2D eigenvalue weighted by atomic mass is 32.2. The second-order valence-electron chi connectivity index (χ2n) is 6.89. The molecule has 5 heteroatoms. The number of hydrogen-bond donors (Lipinski definition) is 2. The summed E-state index contributed by atoms with van der Waals surface area (Å²) < 4.78 is 27.2. The summed E-state index contributed by atoms with van der Waals surface area (Å²) in [5, 5.41) is 2.65. The van der Waals surface area contributed by atoms with Crippen molar-refractivity contribution in [1.29, 1.82) is 0 Å². The fourth-order valence-electron chi connectivity index (χ4n) is 2.30. The van der Waals surface area contributed by atoms with Gasteiger partial charge in [-0.1, -0.05) is 27.7 Å². The topological polar surface area (TPSA) is 58.2 Å². The van der Waals surface area contributed by atoms with Crippen LogP contribution < -0.4 is 10.0 Å². The van der Waals surface area contributed by atoms with Crippen molar-refractivity contribution in [3.63, 3.8) is 0 Å². The maximum absolute atomic E-state index is 12.2. The van der Waals surface area contributed by atoms with Gasteiger partial charge < -0.3 is 5.32 Å². The average Bonchev–Trinajstić information content (AvgIpc) is 2.07. The molecular weight excluding hydrogens is 248 g/mol. The third-order valence-electron chi connectivity index (χ3n) is 2.60. The molecule has 0 aromatic rings. The van der Waals surface area contributed by atoms with Crippen molar-refractivity contribution < 1.29 is 8.42 Å². The molecule has 0 aliphatic rings. The summed E-state index contributed by atoms with van der Waals surface area (Å²) in [6.07, 6.45) is 0.799. The summed E-state index contributed by atoms with van der Waals surface area (Å²) >= 11 is 0. The van der Waals surface area contributed by atoms with Crippen molar-refractivity contribution in [3.8, 4) is 0 Å². The first-order valence-corrected chi connectivity index (χ1v) is 8.18. The molecule has 0 amide bonds. The van der Waals surface area contributed by atoms with Gasteiger partial charge in [0.1, 0.15) is 0 Å². The Morgan fingerprint density at radius 3 is 2.00 bits per heavy atom. The lowest BCUT2D eigenvalue weighted by Gasteiger charge is -2.34. The van der Waals surface area contributed by atoms with E-state index in [1.165, 1.54) is 0 Å².